The fraction of sp³-hybridized carbons (Fsp3) is 1.00. The molecule has 0 spiro atoms. The van der Waals surface area contributed by atoms with E-state index in [0.29, 0.717) is 12.1 Å². The normalized spacial score (nSPS) is 40.2. The zero-order valence-electron chi connectivity index (χ0n) is 11.7. The van der Waals surface area contributed by atoms with Crippen molar-refractivity contribution in [3.63, 3.8) is 0 Å². The summed E-state index contributed by atoms with van der Waals surface area (Å²) in [6.45, 7) is 2.43. The number of nitrogens with two attached hydrogens (primary N) is 1. The van der Waals surface area contributed by atoms with Gasteiger partial charge in [0.05, 0.1) is 0 Å². The monoisotopic (exact) mass is 238 g/mol. The van der Waals surface area contributed by atoms with Gasteiger partial charge in [0.15, 0.2) is 0 Å². The molecule has 4 atom stereocenters. The molecule has 4 unspecified atom stereocenters. The molecule has 2 aliphatic carbocycles. The molecule has 17 heavy (non-hydrogen) atoms. The molecule has 2 fully saturated rings. The van der Waals surface area contributed by atoms with Crippen LogP contribution in [-0.2, 0) is 0 Å². The van der Waals surface area contributed by atoms with Crippen LogP contribution in [0.4, 0.5) is 0 Å². The molecule has 0 saturated heterocycles. The van der Waals surface area contributed by atoms with Gasteiger partial charge in [0.1, 0.15) is 0 Å². The first kappa shape index (κ1) is 13.4. The summed E-state index contributed by atoms with van der Waals surface area (Å²) in [5.41, 5.74) is 6.39. The molecule has 0 aromatic carbocycles. The van der Waals surface area contributed by atoms with E-state index >= 15 is 0 Å². The van der Waals surface area contributed by atoms with Crippen LogP contribution in [0.3, 0.4) is 0 Å². The first-order chi connectivity index (χ1) is 8.20. The van der Waals surface area contributed by atoms with Crippen LogP contribution in [0.15, 0.2) is 0 Å². The van der Waals surface area contributed by atoms with Crippen LogP contribution in [0.2, 0.25) is 0 Å². The van der Waals surface area contributed by atoms with E-state index in [1.54, 1.807) is 0 Å². The molecule has 2 heteroatoms. The topological polar surface area (TPSA) is 29.3 Å². The Morgan fingerprint density at radius 2 is 1.41 bits per heavy atom. The molecule has 2 N–H and O–H groups in total. The molecule has 0 bridgehead atoms. The summed E-state index contributed by atoms with van der Waals surface area (Å²) in [5, 5.41) is 0. The second kappa shape index (κ2) is 6.19. The second-order valence-corrected chi connectivity index (χ2v) is 6.36. The van der Waals surface area contributed by atoms with Crippen molar-refractivity contribution in [1.82, 2.24) is 4.90 Å². The van der Waals surface area contributed by atoms with Gasteiger partial charge in [0, 0.05) is 18.1 Å². The Hall–Kier alpha value is -0.0800. The van der Waals surface area contributed by atoms with E-state index in [9.17, 15) is 0 Å². The van der Waals surface area contributed by atoms with Gasteiger partial charge in [-0.15, -0.1) is 0 Å². The minimum Gasteiger partial charge on any atom is -0.326 e. The lowest BCUT2D eigenvalue weighted by Crippen LogP contribution is -2.52. The van der Waals surface area contributed by atoms with E-state index in [0.717, 1.165) is 12.0 Å². The van der Waals surface area contributed by atoms with E-state index in [2.05, 4.69) is 18.9 Å². The largest absolute Gasteiger partial charge is 0.326 e. The second-order valence-electron chi connectivity index (χ2n) is 6.36. The zero-order valence-corrected chi connectivity index (χ0v) is 11.7. The highest BCUT2D eigenvalue weighted by Crippen LogP contribution is 2.31. The van der Waals surface area contributed by atoms with Crippen molar-refractivity contribution in [1.29, 1.82) is 0 Å². The average Bonchev–Trinajstić information content (AvgIpc) is 2.54. The molecule has 2 nitrogen and oxygen atoms in total. The van der Waals surface area contributed by atoms with E-state index in [-0.39, 0.29) is 0 Å². The molecule has 0 heterocycles. The lowest BCUT2D eigenvalue weighted by atomic mass is 9.83. The van der Waals surface area contributed by atoms with E-state index in [1.165, 1.54) is 57.8 Å². The third kappa shape index (κ3) is 3.23. The van der Waals surface area contributed by atoms with E-state index < -0.39 is 0 Å². The Labute approximate surface area is 107 Å². The highest BCUT2D eigenvalue weighted by molar-refractivity contribution is 4.89. The molecule has 0 amide bonds. The standard InChI is InChI=1S/C15H30N2/c1-12-8-6-7-10-14(12)17(2)15-11-5-3-4-9-13(15)16/h12-15H,3-11,16H2,1-2H3. The summed E-state index contributed by atoms with van der Waals surface area (Å²) in [6, 6.07) is 1.84. The van der Waals surface area contributed by atoms with Crippen molar-refractivity contribution in [2.75, 3.05) is 7.05 Å². The van der Waals surface area contributed by atoms with Crippen LogP contribution in [0.5, 0.6) is 0 Å². The van der Waals surface area contributed by atoms with Gasteiger partial charge in [0.25, 0.3) is 0 Å². The Bertz CT molecular complexity index is 229. The van der Waals surface area contributed by atoms with Crippen LogP contribution >= 0.6 is 0 Å². The fourth-order valence-electron chi connectivity index (χ4n) is 3.97. The number of rotatable bonds is 2. The van der Waals surface area contributed by atoms with Gasteiger partial charge in [0.2, 0.25) is 0 Å². The molecule has 2 rings (SSSR count). The van der Waals surface area contributed by atoms with Crippen LogP contribution in [0.25, 0.3) is 0 Å². The first-order valence-electron chi connectivity index (χ1n) is 7.67. The number of hydrogen-bond acceptors (Lipinski definition) is 2. The molecular formula is C15H30N2. The summed E-state index contributed by atoms with van der Waals surface area (Å²) in [6.07, 6.45) is 12.3. The maximum absolute atomic E-state index is 6.39. The molecule has 0 aromatic heterocycles. The summed E-state index contributed by atoms with van der Waals surface area (Å²) >= 11 is 0. The van der Waals surface area contributed by atoms with E-state index in [1.807, 2.05) is 0 Å². The number of likely N-dealkylation sites (N-methyl/N-ethyl adjacent to an activating group) is 1. The smallest absolute Gasteiger partial charge is 0.0247 e. The van der Waals surface area contributed by atoms with Gasteiger partial charge >= 0.3 is 0 Å². The number of nitrogens with zero attached hydrogens (tertiary/aromatic N) is 1. The van der Waals surface area contributed by atoms with Gasteiger partial charge in [-0.05, 0) is 38.6 Å². The maximum atomic E-state index is 6.39. The highest BCUT2D eigenvalue weighted by Gasteiger charge is 2.32. The van der Waals surface area contributed by atoms with Gasteiger partial charge in [-0.25, -0.2) is 0 Å². The average molecular weight is 238 g/mol. The fourth-order valence-corrected chi connectivity index (χ4v) is 3.97. The van der Waals surface area contributed by atoms with Crippen LogP contribution in [0.1, 0.15) is 64.7 Å². The van der Waals surface area contributed by atoms with E-state index in [4.69, 9.17) is 5.73 Å². The van der Waals surface area contributed by atoms with Gasteiger partial charge in [-0.2, -0.15) is 0 Å². The number of hydrogen-bond donors (Lipinski definition) is 1. The summed E-state index contributed by atoms with van der Waals surface area (Å²) < 4.78 is 0. The minimum absolute atomic E-state index is 0.414. The summed E-state index contributed by atoms with van der Waals surface area (Å²) in [5.74, 6) is 0.865. The Morgan fingerprint density at radius 3 is 2.18 bits per heavy atom. The van der Waals surface area contributed by atoms with Crippen molar-refractivity contribution < 1.29 is 0 Å². The Balaban J connectivity index is 1.98. The molecule has 0 aliphatic heterocycles. The molecule has 0 radical (unpaired) electrons. The molecular weight excluding hydrogens is 208 g/mol. The van der Waals surface area contributed by atoms with Crippen LogP contribution in [-0.4, -0.2) is 30.1 Å². The lowest BCUT2D eigenvalue weighted by molar-refractivity contribution is 0.0800. The van der Waals surface area contributed by atoms with Gasteiger partial charge in [-0.3, -0.25) is 4.90 Å². The molecule has 100 valence electrons. The Kier molecular flexibility index (Phi) is 4.87. The van der Waals surface area contributed by atoms with Crippen molar-refractivity contribution in [3.05, 3.63) is 0 Å². The molecule has 2 aliphatic rings. The SMILES string of the molecule is CC1CCCCC1N(C)C1CCCCCC1N. The first-order valence-corrected chi connectivity index (χ1v) is 7.67. The van der Waals surface area contributed by atoms with Crippen molar-refractivity contribution >= 4 is 0 Å². The zero-order chi connectivity index (χ0) is 12.3. The predicted octanol–water partition coefficient (Wildman–Crippen LogP) is 3.16. The van der Waals surface area contributed by atoms with Crippen LogP contribution in [0, 0.1) is 5.92 Å². The quantitative estimate of drug-likeness (QED) is 0.749. The van der Waals surface area contributed by atoms with Gasteiger partial charge < -0.3 is 5.73 Å². The lowest BCUT2D eigenvalue weighted by Gasteiger charge is -2.42. The highest BCUT2D eigenvalue weighted by atomic mass is 15.2. The van der Waals surface area contributed by atoms with Crippen LogP contribution < -0.4 is 5.73 Å². The third-order valence-corrected chi connectivity index (χ3v) is 5.14. The summed E-state index contributed by atoms with van der Waals surface area (Å²) in [4.78, 5) is 2.65. The predicted molar refractivity (Wildman–Crippen MR) is 74.0 cm³/mol. The van der Waals surface area contributed by atoms with Crippen molar-refractivity contribution in [2.45, 2.75) is 82.8 Å². The van der Waals surface area contributed by atoms with Crippen molar-refractivity contribution in [3.8, 4) is 0 Å². The minimum atomic E-state index is 0.414. The summed E-state index contributed by atoms with van der Waals surface area (Å²) in [7, 11) is 2.34. The molecule has 0 aromatic rings. The van der Waals surface area contributed by atoms with Gasteiger partial charge in [-0.1, -0.05) is 39.0 Å². The third-order valence-electron chi connectivity index (χ3n) is 5.14. The molecule has 2 saturated carbocycles. The Morgan fingerprint density at radius 1 is 0.824 bits per heavy atom. The van der Waals surface area contributed by atoms with Crippen molar-refractivity contribution in [2.24, 2.45) is 11.7 Å². The maximum Gasteiger partial charge on any atom is 0.0247 e.